The molecule has 0 bridgehead atoms. The number of nitrogens with one attached hydrogen (secondary N) is 1. The maximum atomic E-state index is 10.7. The van der Waals surface area contributed by atoms with Crippen molar-refractivity contribution in [1.29, 1.82) is 0 Å². The van der Waals surface area contributed by atoms with Gasteiger partial charge in [-0.15, -0.1) is 0 Å². The van der Waals surface area contributed by atoms with Crippen molar-refractivity contribution >= 4 is 11.7 Å². The molecule has 14 heavy (non-hydrogen) atoms. The van der Waals surface area contributed by atoms with Gasteiger partial charge in [0, 0.05) is 25.2 Å². The highest BCUT2D eigenvalue weighted by atomic mass is 16.5. The summed E-state index contributed by atoms with van der Waals surface area (Å²) < 4.78 is 4.96. The molecule has 0 atom stereocenters. The Morgan fingerprint density at radius 1 is 1.50 bits per heavy atom. The van der Waals surface area contributed by atoms with E-state index in [2.05, 4.69) is 12.2 Å². The molecule has 0 aliphatic heterocycles. The topological polar surface area (TPSA) is 38.3 Å². The van der Waals surface area contributed by atoms with E-state index in [9.17, 15) is 4.79 Å². The highest BCUT2D eigenvalue weighted by Crippen LogP contribution is 2.17. The quantitative estimate of drug-likeness (QED) is 0.589. The second kappa shape index (κ2) is 5.27. The average molecular weight is 193 g/mol. The molecule has 0 saturated heterocycles. The molecule has 0 saturated carbocycles. The first-order valence-electron chi connectivity index (χ1n) is 4.74. The zero-order valence-corrected chi connectivity index (χ0v) is 8.54. The molecule has 0 fully saturated rings. The van der Waals surface area contributed by atoms with Crippen LogP contribution < -0.4 is 10.1 Å². The van der Waals surface area contributed by atoms with Gasteiger partial charge in [0.2, 0.25) is 0 Å². The molecule has 3 heteroatoms. The number of anilines is 1. The number of ether oxygens (including phenoxy) is 1. The lowest BCUT2D eigenvalue weighted by Crippen LogP contribution is -2.03. The van der Waals surface area contributed by atoms with Gasteiger partial charge in [0.15, 0.2) is 0 Å². The van der Waals surface area contributed by atoms with Gasteiger partial charge in [0.25, 0.3) is 0 Å². The lowest BCUT2D eigenvalue weighted by Gasteiger charge is -2.06. The number of carbonyl (C=O) groups is 1. The summed E-state index contributed by atoms with van der Waals surface area (Å²) in [4.78, 5) is 10.7. The van der Waals surface area contributed by atoms with E-state index in [4.69, 9.17) is 4.74 Å². The molecule has 1 aromatic carbocycles. The Morgan fingerprint density at radius 3 is 2.93 bits per heavy atom. The average Bonchev–Trinajstić information content (AvgIpc) is 2.14. The molecule has 1 rings (SSSR count). The van der Waals surface area contributed by atoms with Crippen molar-refractivity contribution in [3.63, 3.8) is 0 Å². The highest BCUT2D eigenvalue weighted by Gasteiger charge is 1.98. The minimum Gasteiger partial charge on any atom is -0.427 e. The fraction of sp³-hybridized carbons (Fsp3) is 0.364. The Hall–Kier alpha value is -1.51. The summed E-state index contributed by atoms with van der Waals surface area (Å²) in [5.74, 6) is 0.288. The highest BCUT2D eigenvalue weighted by molar-refractivity contribution is 5.69. The van der Waals surface area contributed by atoms with E-state index in [-0.39, 0.29) is 5.97 Å². The predicted octanol–water partition coefficient (Wildman–Crippen LogP) is 2.43. The second-order valence-electron chi connectivity index (χ2n) is 3.05. The fourth-order valence-corrected chi connectivity index (χ4v) is 1.10. The predicted molar refractivity (Wildman–Crippen MR) is 56.5 cm³/mol. The number of rotatable bonds is 4. The van der Waals surface area contributed by atoms with Crippen molar-refractivity contribution in [1.82, 2.24) is 0 Å². The molecule has 0 unspecified atom stereocenters. The molecule has 0 amide bonds. The largest absolute Gasteiger partial charge is 0.427 e. The van der Waals surface area contributed by atoms with Gasteiger partial charge < -0.3 is 10.1 Å². The zero-order valence-electron chi connectivity index (χ0n) is 8.54. The van der Waals surface area contributed by atoms with E-state index < -0.39 is 0 Å². The van der Waals surface area contributed by atoms with Crippen LogP contribution >= 0.6 is 0 Å². The Labute approximate surface area is 84.1 Å². The Kier molecular flexibility index (Phi) is 3.98. The standard InChI is InChI=1S/C11H15NO2/c1-3-7-12-10-5-4-6-11(8-10)14-9(2)13/h4-6,8,12H,3,7H2,1-2H3. The van der Waals surface area contributed by atoms with Crippen molar-refractivity contribution in [3.8, 4) is 5.75 Å². The van der Waals surface area contributed by atoms with Crippen LogP contribution in [0.25, 0.3) is 0 Å². The first kappa shape index (κ1) is 10.6. The maximum absolute atomic E-state index is 10.7. The Bertz CT molecular complexity index is 310. The van der Waals surface area contributed by atoms with Gasteiger partial charge in [0.05, 0.1) is 0 Å². The fourth-order valence-electron chi connectivity index (χ4n) is 1.10. The van der Waals surface area contributed by atoms with E-state index in [1.807, 2.05) is 18.2 Å². The number of esters is 1. The molecule has 0 aliphatic carbocycles. The van der Waals surface area contributed by atoms with Crippen LogP contribution in [0.4, 0.5) is 5.69 Å². The van der Waals surface area contributed by atoms with Crippen molar-refractivity contribution in [3.05, 3.63) is 24.3 Å². The summed E-state index contributed by atoms with van der Waals surface area (Å²) in [6.07, 6.45) is 1.07. The van der Waals surface area contributed by atoms with E-state index >= 15 is 0 Å². The van der Waals surface area contributed by atoms with Gasteiger partial charge in [-0.1, -0.05) is 13.0 Å². The summed E-state index contributed by atoms with van der Waals surface area (Å²) in [5.41, 5.74) is 0.977. The number of hydrogen-bond donors (Lipinski definition) is 1. The molecule has 1 N–H and O–H groups in total. The minimum atomic E-state index is -0.294. The first-order valence-corrected chi connectivity index (χ1v) is 4.74. The molecule has 0 spiro atoms. The second-order valence-corrected chi connectivity index (χ2v) is 3.05. The van der Waals surface area contributed by atoms with E-state index in [0.717, 1.165) is 18.7 Å². The molecule has 0 aliphatic rings. The van der Waals surface area contributed by atoms with E-state index in [0.29, 0.717) is 5.75 Å². The van der Waals surface area contributed by atoms with E-state index in [1.165, 1.54) is 6.92 Å². The van der Waals surface area contributed by atoms with Crippen LogP contribution in [0.15, 0.2) is 24.3 Å². The third-order valence-electron chi connectivity index (χ3n) is 1.67. The van der Waals surface area contributed by atoms with Crippen LogP contribution in [0, 0.1) is 0 Å². The van der Waals surface area contributed by atoms with Gasteiger partial charge in [-0.3, -0.25) is 4.79 Å². The normalized spacial score (nSPS) is 9.57. The van der Waals surface area contributed by atoms with Gasteiger partial charge >= 0.3 is 5.97 Å². The third-order valence-corrected chi connectivity index (χ3v) is 1.67. The molecular weight excluding hydrogens is 178 g/mol. The zero-order chi connectivity index (χ0) is 10.4. The summed E-state index contributed by atoms with van der Waals surface area (Å²) in [7, 11) is 0. The van der Waals surface area contributed by atoms with Crippen molar-refractivity contribution in [2.45, 2.75) is 20.3 Å². The summed E-state index contributed by atoms with van der Waals surface area (Å²) >= 11 is 0. The lowest BCUT2D eigenvalue weighted by molar-refractivity contribution is -0.131. The Balaban J connectivity index is 2.63. The van der Waals surface area contributed by atoms with Crippen molar-refractivity contribution in [2.75, 3.05) is 11.9 Å². The van der Waals surface area contributed by atoms with Gasteiger partial charge in [-0.25, -0.2) is 0 Å². The molecule has 1 aromatic rings. The van der Waals surface area contributed by atoms with Crippen LogP contribution in [0.2, 0.25) is 0 Å². The minimum absolute atomic E-state index is 0.294. The summed E-state index contributed by atoms with van der Waals surface area (Å²) in [6.45, 7) is 4.42. The molecule has 0 radical (unpaired) electrons. The molecule has 76 valence electrons. The van der Waals surface area contributed by atoms with Crippen LogP contribution in [0.3, 0.4) is 0 Å². The molecule has 0 heterocycles. The van der Waals surface area contributed by atoms with Crippen LogP contribution in [0.5, 0.6) is 5.75 Å². The number of hydrogen-bond acceptors (Lipinski definition) is 3. The summed E-state index contributed by atoms with van der Waals surface area (Å²) in [5, 5.41) is 3.22. The molecule has 0 aromatic heterocycles. The van der Waals surface area contributed by atoms with Crippen LogP contribution in [-0.4, -0.2) is 12.5 Å². The van der Waals surface area contributed by atoms with Gasteiger partial charge in [0.1, 0.15) is 5.75 Å². The first-order chi connectivity index (χ1) is 6.72. The van der Waals surface area contributed by atoms with Crippen LogP contribution in [0.1, 0.15) is 20.3 Å². The van der Waals surface area contributed by atoms with Gasteiger partial charge in [-0.05, 0) is 18.6 Å². The van der Waals surface area contributed by atoms with Crippen LogP contribution in [-0.2, 0) is 4.79 Å². The molecular formula is C11H15NO2. The van der Waals surface area contributed by atoms with E-state index in [1.54, 1.807) is 6.07 Å². The van der Waals surface area contributed by atoms with Crippen molar-refractivity contribution < 1.29 is 9.53 Å². The SMILES string of the molecule is CCCNc1cccc(OC(C)=O)c1. The molecule has 3 nitrogen and oxygen atoms in total. The van der Waals surface area contributed by atoms with Gasteiger partial charge in [-0.2, -0.15) is 0 Å². The smallest absolute Gasteiger partial charge is 0.308 e. The summed E-state index contributed by atoms with van der Waals surface area (Å²) in [6, 6.07) is 7.38. The number of carbonyl (C=O) groups excluding carboxylic acids is 1. The Morgan fingerprint density at radius 2 is 2.29 bits per heavy atom. The maximum Gasteiger partial charge on any atom is 0.308 e. The lowest BCUT2D eigenvalue weighted by atomic mass is 10.3. The number of benzene rings is 1. The monoisotopic (exact) mass is 193 g/mol. The van der Waals surface area contributed by atoms with Crippen molar-refractivity contribution in [2.24, 2.45) is 0 Å². The third kappa shape index (κ3) is 3.47.